The summed E-state index contributed by atoms with van der Waals surface area (Å²) in [4.78, 5) is 19.6. The Morgan fingerprint density at radius 1 is 0.608 bits per heavy atom. The van der Waals surface area contributed by atoms with Crippen molar-refractivity contribution < 1.29 is 25.8 Å². The van der Waals surface area contributed by atoms with E-state index in [-0.39, 0.29) is 21.1 Å². The molecule has 0 spiro atoms. The first-order chi connectivity index (χ1) is 24.5. The van der Waals surface area contributed by atoms with Crippen molar-refractivity contribution in [3.63, 3.8) is 0 Å². The molecule has 7 nitrogen and oxygen atoms in total. The van der Waals surface area contributed by atoms with E-state index in [4.69, 9.17) is 24.7 Å². The van der Waals surface area contributed by atoms with E-state index in [1.807, 2.05) is 71.7 Å². The molecule has 0 aliphatic heterocycles. The molecule has 4 aromatic carbocycles. The number of rotatable bonds is 4. The van der Waals surface area contributed by atoms with Crippen LogP contribution in [0.2, 0.25) is 0 Å². The van der Waals surface area contributed by atoms with E-state index in [1.165, 1.54) is 16.7 Å². The van der Waals surface area contributed by atoms with Gasteiger partial charge in [-0.1, -0.05) is 106 Å². The fourth-order valence-corrected chi connectivity index (χ4v) is 7.54. The first kappa shape index (κ1) is 31.1. The number of pyridine rings is 4. The zero-order chi connectivity index (χ0) is 33.5. The van der Waals surface area contributed by atoms with Gasteiger partial charge < -0.3 is 13.5 Å². The minimum atomic E-state index is 0. The first-order valence-corrected chi connectivity index (χ1v) is 16.6. The Labute approximate surface area is 307 Å². The molecule has 0 saturated heterocycles. The number of aryl methyl sites for hydroxylation is 3. The third kappa shape index (κ3) is 4.84. The van der Waals surface area contributed by atoms with Gasteiger partial charge in [0.15, 0.2) is 0 Å². The van der Waals surface area contributed by atoms with Crippen molar-refractivity contribution in [3.05, 3.63) is 145 Å². The van der Waals surface area contributed by atoms with E-state index < -0.39 is 0 Å². The quantitative estimate of drug-likeness (QED) is 0.130. The number of nitrogens with zero attached hydrogens (tertiary/aromatic N) is 6. The van der Waals surface area contributed by atoms with Crippen molar-refractivity contribution in [3.8, 4) is 34.0 Å². The Balaban J connectivity index is 0.00000348. The molecule has 0 unspecified atom stereocenters. The van der Waals surface area contributed by atoms with Crippen molar-refractivity contribution in [1.29, 1.82) is 0 Å². The average Bonchev–Trinajstić information content (AvgIpc) is 3.78. The van der Waals surface area contributed by atoms with Crippen LogP contribution in [0.25, 0.3) is 77.4 Å². The van der Waals surface area contributed by atoms with Crippen molar-refractivity contribution >= 4 is 54.9 Å². The fourth-order valence-electron chi connectivity index (χ4n) is 7.54. The van der Waals surface area contributed by atoms with Gasteiger partial charge in [0.25, 0.3) is 0 Å². The molecule has 8 heteroatoms. The SMILES string of the molecule is Cc1cc(C)c(-c2cnc3c4[c-]c(Oc5[c-]c6c(cc5)c5cccnc5n5cc(-c7ccccc7)nc65)ccc4c4cccnc4n23)c(C)c1.[Pt+2]. The second kappa shape index (κ2) is 11.9. The van der Waals surface area contributed by atoms with E-state index in [0.717, 1.165) is 77.4 Å². The van der Waals surface area contributed by atoms with Gasteiger partial charge in [-0.25, -0.2) is 9.97 Å². The molecule has 10 rings (SSSR count). The zero-order valence-electron chi connectivity index (χ0n) is 27.9. The minimum absolute atomic E-state index is 0. The molecule has 0 bridgehead atoms. The third-order valence-corrected chi connectivity index (χ3v) is 9.57. The summed E-state index contributed by atoms with van der Waals surface area (Å²) in [5, 5.41) is 5.77. The van der Waals surface area contributed by atoms with E-state index in [1.54, 1.807) is 0 Å². The van der Waals surface area contributed by atoms with Crippen LogP contribution in [0, 0.1) is 32.9 Å². The summed E-state index contributed by atoms with van der Waals surface area (Å²) in [6.07, 6.45) is 7.64. The standard InChI is InChI=1S/C43H28N6O.Pt/c1-25-19-26(2)39(27(3)20-25)38-23-46-42-35-21-29(14-16-32(35)34-12-8-18-45-41(34)49(38)42)50-30-13-15-31-33-11-7-17-44-40(33)48-24-37(28-9-5-4-6-10-28)47-43(48)36(31)22-30;/h4-20,23-24H,1-3H3;/q-2;+2. The summed E-state index contributed by atoms with van der Waals surface area (Å²) in [6, 6.07) is 37.9. The van der Waals surface area contributed by atoms with Gasteiger partial charge in [-0.2, -0.15) is 0 Å². The van der Waals surface area contributed by atoms with Gasteiger partial charge in [-0.05, 0) is 54.8 Å². The maximum atomic E-state index is 6.53. The van der Waals surface area contributed by atoms with Crippen LogP contribution >= 0.6 is 0 Å². The van der Waals surface area contributed by atoms with Crippen LogP contribution in [0.1, 0.15) is 16.7 Å². The molecular weight excluding hydrogens is 812 g/mol. The Bertz CT molecular complexity index is 2980. The molecule has 0 saturated carbocycles. The summed E-state index contributed by atoms with van der Waals surface area (Å²) >= 11 is 0. The van der Waals surface area contributed by atoms with E-state index in [9.17, 15) is 0 Å². The number of benzene rings is 4. The number of fused-ring (bicyclic) bond motifs is 12. The first-order valence-electron chi connectivity index (χ1n) is 16.6. The van der Waals surface area contributed by atoms with Crippen molar-refractivity contribution in [2.24, 2.45) is 0 Å². The largest absolute Gasteiger partial charge is 2.00 e. The number of ether oxygens (including phenoxy) is 1. The van der Waals surface area contributed by atoms with Crippen molar-refractivity contribution in [2.75, 3.05) is 0 Å². The maximum absolute atomic E-state index is 6.53. The van der Waals surface area contributed by atoms with Crippen LogP contribution in [-0.4, -0.2) is 28.7 Å². The molecule has 0 aliphatic rings. The Hall–Kier alpha value is -5.91. The number of hydrogen-bond acceptors (Lipinski definition) is 5. The van der Waals surface area contributed by atoms with Gasteiger partial charge in [0.2, 0.25) is 0 Å². The number of imidazole rings is 2. The van der Waals surface area contributed by atoms with Gasteiger partial charge in [-0.3, -0.25) is 9.97 Å². The average molecular weight is 840 g/mol. The van der Waals surface area contributed by atoms with E-state index in [2.05, 4.69) is 85.8 Å². The third-order valence-electron chi connectivity index (χ3n) is 9.57. The predicted octanol–water partition coefficient (Wildman–Crippen LogP) is 10.0. The summed E-state index contributed by atoms with van der Waals surface area (Å²) in [5.74, 6) is 1.13. The molecule has 246 valence electrons. The normalized spacial score (nSPS) is 11.7. The van der Waals surface area contributed by atoms with Gasteiger partial charge in [0, 0.05) is 47.4 Å². The molecule has 10 aromatic rings. The van der Waals surface area contributed by atoms with Crippen LogP contribution in [-0.2, 0) is 21.1 Å². The molecule has 6 heterocycles. The van der Waals surface area contributed by atoms with Gasteiger partial charge >= 0.3 is 21.1 Å². The van der Waals surface area contributed by atoms with Crippen molar-refractivity contribution in [2.45, 2.75) is 20.8 Å². The molecule has 0 fully saturated rings. The maximum Gasteiger partial charge on any atom is 2.00 e. The number of hydrogen-bond donors (Lipinski definition) is 0. The molecule has 51 heavy (non-hydrogen) atoms. The molecule has 0 aliphatic carbocycles. The summed E-state index contributed by atoms with van der Waals surface area (Å²) in [5.41, 5.74) is 11.0. The second-order valence-corrected chi connectivity index (χ2v) is 12.8. The smallest absolute Gasteiger partial charge is 0.497 e. The van der Waals surface area contributed by atoms with Crippen LogP contribution in [0.3, 0.4) is 0 Å². The van der Waals surface area contributed by atoms with Gasteiger partial charge in [0.1, 0.15) is 11.3 Å². The Kier molecular flexibility index (Phi) is 7.23. The zero-order valence-corrected chi connectivity index (χ0v) is 30.1. The van der Waals surface area contributed by atoms with Crippen LogP contribution < -0.4 is 4.74 Å². The van der Waals surface area contributed by atoms with Crippen LogP contribution in [0.4, 0.5) is 0 Å². The second-order valence-electron chi connectivity index (χ2n) is 12.8. The topological polar surface area (TPSA) is 69.6 Å². The van der Waals surface area contributed by atoms with Gasteiger partial charge in [-0.15, -0.1) is 12.1 Å². The minimum Gasteiger partial charge on any atom is -0.497 e. The Morgan fingerprint density at radius 3 is 1.92 bits per heavy atom. The number of aromatic nitrogens is 6. The van der Waals surface area contributed by atoms with E-state index >= 15 is 0 Å². The van der Waals surface area contributed by atoms with Crippen molar-refractivity contribution in [1.82, 2.24) is 28.7 Å². The monoisotopic (exact) mass is 839 g/mol. The summed E-state index contributed by atoms with van der Waals surface area (Å²) in [7, 11) is 0. The van der Waals surface area contributed by atoms with Crippen LogP contribution in [0.5, 0.6) is 11.5 Å². The molecule has 0 atom stereocenters. The molecule has 0 radical (unpaired) electrons. The molecule has 6 aromatic heterocycles. The Morgan fingerprint density at radius 2 is 1.24 bits per heavy atom. The predicted molar refractivity (Wildman–Crippen MR) is 199 cm³/mol. The van der Waals surface area contributed by atoms with Gasteiger partial charge in [0.05, 0.1) is 22.7 Å². The summed E-state index contributed by atoms with van der Waals surface area (Å²) in [6.45, 7) is 6.44. The van der Waals surface area contributed by atoms with Crippen LogP contribution in [0.15, 0.2) is 116 Å². The summed E-state index contributed by atoms with van der Waals surface area (Å²) < 4.78 is 10.7. The van der Waals surface area contributed by atoms with E-state index in [0.29, 0.717) is 11.5 Å². The molecule has 0 amide bonds. The fraction of sp³-hybridized carbons (Fsp3) is 0.0698. The molecule has 0 N–H and O–H groups in total. The molecular formula is C43H28N6OPt.